The van der Waals surface area contributed by atoms with E-state index < -0.39 is 0 Å². The number of halogens is 1. The van der Waals surface area contributed by atoms with E-state index in [-0.39, 0.29) is 12.4 Å². The van der Waals surface area contributed by atoms with Crippen molar-refractivity contribution in [2.75, 3.05) is 44.2 Å². The van der Waals surface area contributed by atoms with Gasteiger partial charge in [-0.1, -0.05) is 6.07 Å². The number of rotatable bonds is 3. The number of anilines is 1. The molecule has 0 spiro atoms. The van der Waals surface area contributed by atoms with Crippen LogP contribution in [0.15, 0.2) is 22.6 Å². The van der Waals surface area contributed by atoms with Crippen molar-refractivity contribution in [3.05, 3.63) is 23.8 Å². The van der Waals surface area contributed by atoms with Crippen molar-refractivity contribution >= 4 is 29.5 Å². The minimum atomic E-state index is 0. The van der Waals surface area contributed by atoms with Crippen molar-refractivity contribution in [1.82, 2.24) is 9.88 Å². The lowest BCUT2D eigenvalue weighted by molar-refractivity contribution is 0.260. The molecule has 2 aromatic rings. The smallest absolute Gasteiger partial charge is 0.298 e. The molecule has 1 aliphatic heterocycles. The molecule has 1 aromatic carbocycles. The summed E-state index contributed by atoms with van der Waals surface area (Å²) < 4.78 is 5.83. The third-order valence-electron chi connectivity index (χ3n) is 3.62. The monoisotopic (exact) mass is 296 g/mol. The molecule has 0 saturated carbocycles. The van der Waals surface area contributed by atoms with Gasteiger partial charge in [0.25, 0.3) is 6.01 Å². The van der Waals surface area contributed by atoms with Crippen LogP contribution in [-0.2, 0) is 0 Å². The van der Waals surface area contributed by atoms with Crippen LogP contribution in [0.25, 0.3) is 11.1 Å². The molecule has 5 nitrogen and oxygen atoms in total. The fraction of sp³-hybridized carbons (Fsp3) is 0.500. The van der Waals surface area contributed by atoms with Gasteiger partial charge in [0.05, 0.1) is 0 Å². The molecule has 110 valence electrons. The van der Waals surface area contributed by atoms with E-state index in [4.69, 9.17) is 10.2 Å². The average molecular weight is 297 g/mol. The zero-order valence-corrected chi connectivity index (χ0v) is 12.5. The molecular weight excluding hydrogens is 276 g/mol. The molecule has 0 aliphatic carbocycles. The van der Waals surface area contributed by atoms with Crippen molar-refractivity contribution in [1.29, 1.82) is 0 Å². The summed E-state index contributed by atoms with van der Waals surface area (Å²) >= 11 is 0. The highest BCUT2D eigenvalue weighted by atomic mass is 35.5. The zero-order chi connectivity index (χ0) is 13.2. The lowest BCUT2D eigenvalue weighted by Gasteiger charge is -2.33. The number of piperazine rings is 1. The topological polar surface area (TPSA) is 58.5 Å². The fourth-order valence-electron chi connectivity index (χ4n) is 2.51. The number of hydrogen-bond donors (Lipinski definition) is 1. The van der Waals surface area contributed by atoms with Gasteiger partial charge in [0.1, 0.15) is 5.52 Å². The number of oxazole rings is 1. The molecule has 1 saturated heterocycles. The SMILES string of the molecule is Cc1ccc2oc(N3CCN(CCN)CC3)nc2c1.Cl. The average Bonchev–Trinajstić information content (AvgIpc) is 2.83. The first-order chi connectivity index (χ1) is 9.26. The van der Waals surface area contributed by atoms with E-state index in [9.17, 15) is 0 Å². The zero-order valence-electron chi connectivity index (χ0n) is 11.7. The highest BCUT2D eigenvalue weighted by molar-refractivity contribution is 5.85. The molecule has 2 heterocycles. The van der Waals surface area contributed by atoms with Gasteiger partial charge in [-0.15, -0.1) is 12.4 Å². The molecule has 0 bridgehead atoms. The van der Waals surface area contributed by atoms with Gasteiger partial charge in [-0.25, -0.2) is 0 Å². The van der Waals surface area contributed by atoms with Gasteiger partial charge in [0.15, 0.2) is 5.58 Å². The first-order valence-electron chi connectivity index (χ1n) is 6.81. The number of nitrogens with two attached hydrogens (primary N) is 1. The third kappa shape index (κ3) is 3.06. The second kappa shape index (κ2) is 6.43. The summed E-state index contributed by atoms with van der Waals surface area (Å²) in [6, 6.07) is 6.85. The highest BCUT2D eigenvalue weighted by Crippen LogP contribution is 2.23. The number of fused-ring (bicyclic) bond motifs is 1. The van der Waals surface area contributed by atoms with E-state index in [1.807, 2.05) is 6.07 Å². The predicted molar refractivity (Wildman–Crippen MR) is 83.7 cm³/mol. The summed E-state index contributed by atoms with van der Waals surface area (Å²) in [4.78, 5) is 9.17. The normalized spacial score (nSPS) is 16.4. The van der Waals surface area contributed by atoms with E-state index in [1.54, 1.807) is 0 Å². The molecule has 3 rings (SSSR count). The molecule has 2 N–H and O–H groups in total. The van der Waals surface area contributed by atoms with Crippen LogP contribution in [0.5, 0.6) is 0 Å². The van der Waals surface area contributed by atoms with Gasteiger partial charge in [-0.2, -0.15) is 4.98 Å². The van der Waals surface area contributed by atoms with Crippen molar-refractivity contribution < 1.29 is 4.42 Å². The Morgan fingerprint density at radius 1 is 1.25 bits per heavy atom. The second-order valence-electron chi connectivity index (χ2n) is 5.08. The van der Waals surface area contributed by atoms with Gasteiger partial charge in [-0.05, 0) is 24.6 Å². The highest BCUT2D eigenvalue weighted by Gasteiger charge is 2.20. The largest absolute Gasteiger partial charge is 0.423 e. The van der Waals surface area contributed by atoms with Crippen LogP contribution < -0.4 is 10.6 Å². The first kappa shape index (κ1) is 15.1. The molecule has 0 atom stereocenters. The lowest BCUT2D eigenvalue weighted by Crippen LogP contribution is -2.47. The Hall–Kier alpha value is -1.30. The first-order valence-corrected chi connectivity index (χ1v) is 6.81. The predicted octanol–water partition coefficient (Wildman–Crippen LogP) is 1.64. The summed E-state index contributed by atoms with van der Waals surface area (Å²) in [5.41, 5.74) is 8.60. The van der Waals surface area contributed by atoms with Crippen molar-refractivity contribution in [3.63, 3.8) is 0 Å². The van der Waals surface area contributed by atoms with Crippen LogP contribution in [0.2, 0.25) is 0 Å². The number of aryl methyl sites for hydroxylation is 1. The van der Waals surface area contributed by atoms with Crippen LogP contribution in [0.3, 0.4) is 0 Å². The number of nitrogens with zero attached hydrogens (tertiary/aromatic N) is 3. The minimum Gasteiger partial charge on any atom is -0.423 e. The van der Waals surface area contributed by atoms with E-state index >= 15 is 0 Å². The second-order valence-corrected chi connectivity index (χ2v) is 5.08. The summed E-state index contributed by atoms with van der Waals surface area (Å²) in [5, 5.41) is 0. The maximum absolute atomic E-state index is 5.83. The Labute approximate surface area is 125 Å². The van der Waals surface area contributed by atoms with Gasteiger partial charge in [-0.3, -0.25) is 4.90 Å². The summed E-state index contributed by atoms with van der Waals surface area (Å²) in [7, 11) is 0. The molecule has 1 aliphatic rings. The van der Waals surface area contributed by atoms with Crippen LogP contribution in [-0.4, -0.2) is 49.2 Å². The van der Waals surface area contributed by atoms with Gasteiger partial charge < -0.3 is 15.1 Å². The summed E-state index contributed by atoms with van der Waals surface area (Å²) in [6.45, 7) is 7.71. The standard InChI is InChI=1S/C14H20N4O.ClH/c1-11-2-3-13-12(10-11)16-14(19-13)18-8-6-17(5-4-15)7-9-18;/h2-3,10H,4-9,15H2,1H3;1H. The molecule has 0 unspecified atom stereocenters. The Kier molecular flexibility index (Phi) is 4.86. The quantitative estimate of drug-likeness (QED) is 0.933. The van der Waals surface area contributed by atoms with Crippen molar-refractivity contribution in [2.24, 2.45) is 5.73 Å². The molecule has 1 aromatic heterocycles. The fourth-order valence-corrected chi connectivity index (χ4v) is 2.51. The van der Waals surface area contributed by atoms with Gasteiger partial charge >= 0.3 is 0 Å². The third-order valence-corrected chi connectivity index (χ3v) is 3.62. The van der Waals surface area contributed by atoms with Gasteiger partial charge in [0, 0.05) is 39.3 Å². The Bertz CT molecular complexity index is 563. The lowest BCUT2D eigenvalue weighted by atomic mass is 10.2. The van der Waals surface area contributed by atoms with E-state index in [0.29, 0.717) is 0 Å². The van der Waals surface area contributed by atoms with Crippen molar-refractivity contribution in [3.8, 4) is 0 Å². The number of hydrogen-bond acceptors (Lipinski definition) is 5. The Balaban J connectivity index is 0.00000147. The van der Waals surface area contributed by atoms with Crippen molar-refractivity contribution in [2.45, 2.75) is 6.92 Å². The molecular formula is C14H21ClN4O. The number of benzene rings is 1. The maximum Gasteiger partial charge on any atom is 0.298 e. The molecule has 6 heteroatoms. The maximum atomic E-state index is 5.83. The molecule has 0 radical (unpaired) electrons. The van der Waals surface area contributed by atoms with E-state index in [2.05, 4.69) is 33.8 Å². The van der Waals surface area contributed by atoms with E-state index in [0.717, 1.165) is 56.4 Å². The number of aromatic nitrogens is 1. The Morgan fingerprint density at radius 3 is 2.70 bits per heavy atom. The van der Waals surface area contributed by atoms with Crippen LogP contribution in [0.4, 0.5) is 6.01 Å². The Morgan fingerprint density at radius 2 is 2.00 bits per heavy atom. The minimum absolute atomic E-state index is 0. The molecule has 20 heavy (non-hydrogen) atoms. The van der Waals surface area contributed by atoms with Crippen LogP contribution in [0.1, 0.15) is 5.56 Å². The van der Waals surface area contributed by atoms with E-state index in [1.165, 1.54) is 5.56 Å². The van der Waals surface area contributed by atoms with Gasteiger partial charge in [0.2, 0.25) is 0 Å². The molecule has 0 amide bonds. The van der Waals surface area contributed by atoms with Crippen LogP contribution in [0, 0.1) is 6.92 Å². The van der Waals surface area contributed by atoms with Crippen LogP contribution >= 0.6 is 12.4 Å². The molecule has 1 fully saturated rings. The summed E-state index contributed by atoms with van der Waals surface area (Å²) in [6.07, 6.45) is 0. The summed E-state index contributed by atoms with van der Waals surface area (Å²) in [5.74, 6) is 0.